The molecule has 0 atom stereocenters. The fraction of sp³-hybridized carbons (Fsp3) is 0. The summed E-state index contributed by atoms with van der Waals surface area (Å²) >= 11 is 0. The Morgan fingerprint density at radius 3 is 1.46 bits per heavy atom. The van der Waals surface area contributed by atoms with Crippen LogP contribution >= 0.6 is 0 Å². The Balaban J connectivity index is 1.13. The molecule has 0 bridgehead atoms. The Kier molecular flexibility index (Phi) is 8.55. The van der Waals surface area contributed by atoms with Crippen molar-refractivity contribution < 1.29 is 4.42 Å². The maximum atomic E-state index is 11.7. The fourth-order valence-electron chi connectivity index (χ4n) is 11.3. The molecule has 0 unspecified atom stereocenters. The Bertz CT molecular complexity index is 4640. The van der Waals surface area contributed by atoms with E-state index in [0.29, 0.717) is 45.5 Å². The van der Waals surface area contributed by atoms with Crippen LogP contribution in [0.15, 0.2) is 229 Å². The van der Waals surface area contributed by atoms with E-state index in [9.17, 15) is 5.26 Å². The van der Waals surface area contributed by atoms with Crippen molar-refractivity contribution in [2.75, 3.05) is 0 Å². The van der Waals surface area contributed by atoms with Crippen molar-refractivity contribution in [3.05, 3.63) is 230 Å². The van der Waals surface area contributed by atoms with Gasteiger partial charge >= 0.3 is 0 Å². The number of hydrogen-bond donors (Lipinski definition) is 0. The van der Waals surface area contributed by atoms with Gasteiger partial charge in [0.25, 0.3) is 0 Å². The average molecular weight is 920 g/mol. The summed E-state index contributed by atoms with van der Waals surface area (Å²) in [6.45, 7) is 0. The molecule has 8 heteroatoms. The van der Waals surface area contributed by atoms with E-state index in [4.69, 9.17) is 19.4 Å². The summed E-state index contributed by atoms with van der Waals surface area (Å²) in [6.07, 6.45) is 0. The van der Waals surface area contributed by atoms with Crippen LogP contribution in [0.1, 0.15) is 5.56 Å². The third kappa shape index (κ3) is 5.70. The van der Waals surface area contributed by atoms with Gasteiger partial charge in [-0.3, -0.25) is 0 Å². The molecule has 72 heavy (non-hydrogen) atoms. The smallest absolute Gasteiger partial charge is 0.164 e. The third-order valence-electron chi connectivity index (χ3n) is 14.3. The number of rotatable bonds is 6. The van der Waals surface area contributed by atoms with Crippen molar-refractivity contribution in [1.82, 2.24) is 28.7 Å². The first-order chi connectivity index (χ1) is 35.7. The van der Waals surface area contributed by atoms with E-state index in [1.165, 1.54) is 10.8 Å². The topological polar surface area (TPSA) is 90.4 Å². The minimum Gasteiger partial charge on any atom is -0.454 e. The van der Waals surface area contributed by atoms with Crippen LogP contribution in [-0.2, 0) is 0 Å². The Morgan fingerprint density at radius 1 is 0.389 bits per heavy atom. The highest BCUT2D eigenvalue weighted by Crippen LogP contribution is 2.49. The molecule has 0 amide bonds. The molecule has 0 spiro atoms. The fourth-order valence-corrected chi connectivity index (χ4v) is 11.3. The van der Waals surface area contributed by atoms with Crippen LogP contribution in [-0.4, -0.2) is 28.7 Å². The van der Waals surface area contributed by atoms with Gasteiger partial charge in [0.1, 0.15) is 17.3 Å². The highest BCUT2D eigenvalue weighted by molar-refractivity contribution is 6.28. The predicted octanol–water partition coefficient (Wildman–Crippen LogP) is 15.9. The number of benzene rings is 10. The zero-order valence-corrected chi connectivity index (χ0v) is 38.4. The standard InChI is InChI=1S/C64H37N7O/c65-38-41-36-49(64-67-62(39-20-4-1-5-21-39)66-63(68-64)40-22-6-2-7-23-40)56-47-30-14-19-35-55(47)72-61(56)58(41)71-52-33-17-12-28-45(52)48-37-54(70-50-31-15-10-26-43(50)44-27-11-16-32-51(44)70)57-46-29-13-18-34-53(46)69(60(57)59(48)71)42-24-8-3-9-25-42/h1-37H. The maximum Gasteiger partial charge on any atom is 0.164 e. The van der Waals surface area contributed by atoms with Gasteiger partial charge in [-0.2, -0.15) is 5.26 Å². The summed E-state index contributed by atoms with van der Waals surface area (Å²) < 4.78 is 14.3. The van der Waals surface area contributed by atoms with Gasteiger partial charge in [0.15, 0.2) is 23.1 Å². The summed E-state index contributed by atoms with van der Waals surface area (Å²) in [7, 11) is 0. The minimum atomic E-state index is 0.407. The van der Waals surface area contributed by atoms with Crippen LogP contribution in [0.3, 0.4) is 0 Å². The summed E-state index contributed by atoms with van der Waals surface area (Å²) in [4.78, 5) is 15.4. The zero-order valence-electron chi connectivity index (χ0n) is 38.4. The molecule has 5 aromatic heterocycles. The van der Waals surface area contributed by atoms with Gasteiger partial charge < -0.3 is 18.1 Å². The van der Waals surface area contributed by atoms with E-state index >= 15 is 0 Å². The maximum absolute atomic E-state index is 11.7. The van der Waals surface area contributed by atoms with Gasteiger partial charge in [-0.15, -0.1) is 0 Å². The number of hydrogen-bond acceptors (Lipinski definition) is 5. The van der Waals surface area contributed by atoms with Gasteiger partial charge in [-0.25, -0.2) is 15.0 Å². The molecule has 0 aliphatic rings. The molecular weight excluding hydrogens is 883 g/mol. The molecule has 334 valence electrons. The minimum absolute atomic E-state index is 0.407. The first-order valence-corrected chi connectivity index (χ1v) is 24.0. The normalized spacial score (nSPS) is 11.9. The Labute approximate surface area is 411 Å². The first-order valence-electron chi connectivity index (χ1n) is 24.0. The Morgan fingerprint density at radius 2 is 0.861 bits per heavy atom. The Hall–Kier alpha value is -10.1. The molecule has 0 radical (unpaired) electrons. The average Bonchev–Trinajstić information content (AvgIpc) is 4.20. The van der Waals surface area contributed by atoms with Gasteiger partial charge in [0.2, 0.25) is 0 Å². The van der Waals surface area contributed by atoms with Crippen molar-refractivity contribution in [3.8, 4) is 57.3 Å². The lowest BCUT2D eigenvalue weighted by Gasteiger charge is -2.17. The van der Waals surface area contributed by atoms with E-state index in [1.54, 1.807) is 0 Å². The summed E-state index contributed by atoms with van der Waals surface area (Å²) in [6, 6.07) is 80.2. The van der Waals surface area contributed by atoms with Crippen LogP contribution in [0.5, 0.6) is 0 Å². The van der Waals surface area contributed by atoms with Crippen molar-refractivity contribution in [1.29, 1.82) is 5.26 Å². The molecule has 0 aliphatic carbocycles. The van der Waals surface area contributed by atoms with Gasteiger partial charge in [-0.05, 0) is 54.6 Å². The second-order valence-corrected chi connectivity index (χ2v) is 18.2. The number of para-hydroxylation sites is 6. The highest BCUT2D eigenvalue weighted by Gasteiger charge is 2.30. The summed E-state index contributed by atoms with van der Waals surface area (Å²) in [5, 5.41) is 20.0. The predicted molar refractivity (Wildman–Crippen MR) is 291 cm³/mol. The number of fused-ring (bicyclic) bond motifs is 13. The number of nitrogens with zero attached hydrogens (tertiary/aromatic N) is 7. The van der Waals surface area contributed by atoms with Crippen LogP contribution in [0.2, 0.25) is 0 Å². The van der Waals surface area contributed by atoms with E-state index in [0.717, 1.165) is 87.9 Å². The second kappa shape index (κ2) is 15.5. The van der Waals surface area contributed by atoms with Crippen molar-refractivity contribution in [3.63, 3.8) is 0 Å². The SMILES string of the molecule is N#Cc1cc(-c2nc(-c3ccccc3)nc(-c3ccccc3)n2)c2c(oc3ccccc32)c1-n1c2ccccc2c2cc(-n3c4ccccc4c4ccccc43)c3c4ccccc4n(-c4ccccc4)c3c21. The van der Waals surface area contributed by atoms with Crippen molar-refractivity contribution in [2.45, 2.75) is 0 Å². The molecule has 0 saturated heterocycles. The van der Waals surface area contributed by atoms with Crippen molar-refractivity contribution in [2.24, 2.45) is 0 Å². The molecule has 0 aliphatic heterocycles. The van der Waals surface area contributed by atoms with E-state index in [-0.39, 0.29) is 0 Å². The molecular formula is C64H37N7O. The number of aromatic nitrogens is 6. The quantitative estimate of drug-likeness (QED) is 0.166. The van der Waals surface area contributed by atoms with Crippen molar-refractivity contribution >= 4 is 87.4 Å². The van der Waals surface area contributed by atoms with Gasteiger partial charge in [0, 0.05) is 65.5 Å². The number of nitriles is 1. The van der Waals surface area contributed by atoms with E-state index in [1.807, 2.05) is 84.9 Å². The van der Waals surface area contributed by atoms with E-state index in [2.05, 4.69) is 159 Å². The molecule has 15 rings (SSSR count). The highest BCUT2D eigenvalue weighted by atomic mass is 16.3. The van der Waals surface area contributed by atoms with Crippen LogP contribution in [0, 0.1) is 11.3 Å². The third-order valence-corrected chi connectivity index (χ3v) is 14.3. The van der Waals surface area contributed by atoms with Gasteiger partial charge in [0.05, 0.1) is 44.4 Å². The zero-order chi connectivity index (χ0) is 47.4. The molecule has 0 N–H and O–H groups in total. The van der Waals surface area contributed by atoms with E-state index < -0.39 is 0 Å². The monoisotopic (exact) mass is 919 g/mol. The summed E-state index contributed by atoms with van der Waals surface area (Å²) in [5.41, 5.74) is 12.9. The largest absolute Gasteiger partial charge is 0.454 e. The lowest BCUT2D eigenvalue weighted by atomic mass is 10.00. The first kappa shape index (κ1) is 39.9. The molecule has 8 nitrogen and oxygen atoms in total. The molecule has 10 aromatic carbocycles. The van der Waals surface area contributed by atoms with Crippen LogP contribution in [0.4, 0.5) is 0 Å². The van der Waals surface area contributed by atoms with Gasteiger partial charge in [-0.1, -0.05) is 170 Å². The second-order valence-electron chi connectivity index (χ2n) is 18.2. The lowest BCUT2D eigenvalue weighted by Crippen LogP contribution is -2.04. The van der Waals surface area contributed by atoms with Crippen LogP contribution in [0.25, 0.3) is 139 Å². The molecule has 0 saturated carbocycles. The van der Waals surface area contributed by atoms with Crippen LogP contribution < -0.4 is 0 Å². The lowest BCUT2D eigenvalue weighted by molar-refractivity contribution is 0.666. The molecule has 15 aromatic rings. The number of furan rings is 1. The molecule has 5 heterocycles. The summed E-state index contributed by atoms with van der Waals surface area (Å²) in [5.74, 6) is 1.49. The molecule has 0 fully saturated rings.